The van der Waals surface area contributed by atoms with Gasteiger partial charge in [-0.25, -0.2) is 0 Å². The third-order valence-corrected chi connectivity index (χ3v) is 4.95. The van der Waals surface area contributed by atoms with Crippen molar-refractivity contribution in [3.05, 3.63) is 76.6 Å². The molecule has 3 aliphatic rings. The van der Waals surface area contributed by atoms with Crippen molar-refractivity contribution < 1.29 is 19.1 Å². The maximum absolute atomic E-state index is 12.8. The van der Waals surface area contributed by atoms with E-state index < -0.39 is 5.79 Å². The Morgan fingerprint density at radius 2 is 1.54 bits per heavy atom. The standard InChI is InChI=1S/C20H14O4/c21-17-13-6-2-3-7-14(13)18(22)19-15(17)11-20(24-19)10-9-12-5-1-4-8-16(12)23-20/h1-8H,9-11H2. The van der Waals surface area contributed by atoms with Gasteiger partial charge in [0, 0.05) is 17.5 Å². The average molecular weight is 318 g/mol. The second-order valence-corrected chi connectivity index (χ2v) is 6.41. The molecule has 118 valence electrons. The summed E-state index contributed by atoms with van der Waals surface area (Å²) in [6, 6.07) is 14.7. The third-order valence-electron chi connectivity index (χ3n) is 4.95. The fraction of sp³-hybridized carbons (Fsp3) is 0.200. The molecule has 4 nitrogen and oxygen atoms in total. The lowest BCUT2D eigenvalue weighted by Gasteiger charge is -2.35. The van der Waals surface area contributed by atoms with E-state index in [1.165, 1.54) is 0 Å². The second-order valence-electron chi connectivity index (χ2n) is 6.41. The van der Waals surface area contributed by atoms with Gasteiger partial charge in [0.1, 0.15) is 5.75 Å². The zero-order chi connectivity index (χ0) is 16.3. The van der Waals surface area contributed by atoms with Crippen LogP contribution >= 0.6 is 0 Å². The van der Waals surface area contributed by atoms with Gasteiger partial charge >= 0.3 is 0 Å². The highest BCUT2D eigenvalue weighted by molar-refractivity contribution is 6.26. The van der Waals surface area contributed by atoms with Gasteiger partial charge in [-0.2, -0.15) is 0 Å². The molecule has 0 saturated heterocycles. The highest BCUT2D eigenvalue weighted by Crippen LogP contribution is 2.46. The van der Waals surface area contributed by atoms with Crippen LogP contribution in [0.4, 0.5) is 0 Å². The summed E-state index contributed by atoms with van der Waals surface area (Å²) in [6.45, 7) is 0. The van der Waals surface area contributed by atoms with E-state index >= 15 is 0 Å². The van der Waals surface area contributed by atoms with E-state index in [1.54, 1.807) is 24.3 Å². The third kappa shape index (κ3) is 1.74. The quantitative estimate of drug-likeness (QED) is 0.746. The lowest BCUT2D eigenvalue weighted by Crippen LogP contribution is -2.39. The lowest BCUT2D eigenvalue weighted by atomic mass is 9.86. The molecule has 0 radical (unpaired) electrons. The Morgan fingerprint density at radius 1 is 0.833 bits per heavy atom. The molecular formula is C20H14O4. The first kappa shape index (κ1) is 13.5. The minimum absolute atomic E-state index is 0.125. The Kier molecular flexibility index (Phi) is 2.58. The molecule has 24 heavy (non-hydrogen) atoms. The van der Waals surface area contributed by atoms with Crippen molar-refractivity contribution in [3.63, 3.8) is 0 Å². The van der Waals surface area contributed by atoms with E-state index in [0.717, 1.165) is 17.7 Å². The van der Waals surface area contributed by atoms with Gasteiger partial charge in [-0.3, -0.25) is 9.59 Å². The predicted octanol–water partition coefficient (Wildman–Crippen LogP) is 3.46. The topological polar surface area (TPSA) is 52.6 Å². The van der Waals surface area contributed by atoms with Gasteiger partial charge < -0.3 is 9.47 Å². The normalized spacial score (nSPS) is 24.2. The monoisotopic (exact) mass is 318 g/mol. The van der Waals surface area contributed by atoms with Crippen molar-refractivity contribution in [1.29, 1.82) is 0 Å². The highest BCUT2D eigenvalue weighted by Gasteiger charge is 2.51. The van der Waals surface area contributed by atoms with Gasteiger partial charge in [-0.05, 0) is 18.1 Å². The summed E-state index contributed by atoms with van der Waals surface area (Å²) in [5, 5.41) is 0. The van der Waals surface area contributed by atoms with E-state index in [4.69, 9.17) is 9.47 Å². The van der Waals surface area contributed by atoms with Crippen LogP contribution in [0.25, 0.3) is 0 Å². The zero-order valence-corrected chi connectivity index (χ0v) is 12.9. The van der Waals surface area contributed by atoms with Crippen molar-refractivity contribution in [2.24, 2.45) is 0 Å². The molecule has 1 atom stereocenters. The number of aryl methyl sites for hydroxylation is 1. The van der Waals surface area contributed by atoms with Gasteiger partial charge in [0.25, 0.3) is 5.79 Å². The van der Waals surface area contributed by atoms with Crippen LogP contribution in [0, 0.1) is 0 Å². The van der Waals surface area contributed by atoms with Crippen LogP contribution in [0.2, 0.25) is 0 Å². The molecule has 4 heteroatoms. The summed E-state index contributed by atoms with van der Waals surface area (Å²) in [4.78, 5) is 25.5. The first-order valence-electron chi connectivity index (χ1n) is 8.04. The number of hydrogen-bond acceptors (Lipinski definition) is 4. The molecule has 0 aromatic heterocycles. The summed E-state index contributed by atoms with van der Waals surface area (Å²) < 4.78 is 12.1. The van der Waals surface area contributed by atoms with Crippen molar-refractivity contribution >= 4 is 11.6 Å². The number of ketones is 2. The maximum atomic E-state index is 12.8. The number of hydrogen-bond donors (Lipinski definition) is 0. The summed E-state index contributed by atoms with van der Waals surface area (Å²) in [5.41, 5.74) is 2.43. The Hall–Kier alpha value is -2.88. The number of benzene rings is 2. The predicted molar refractivity (Wildman–Crippen MR) is 86.0 cm³/mol. The van der Waals surface area contributed by atoms with Crippen LogP contribution in [0.15, 0.2) is 59.9 Å². The first-order chi connectivity index (χ1) is 11.7. The van der Waals surface area contributed by atoms with Gasteiger partial charge in [0.15, 0.2) is 11.5 Å². The molecule has 1 aliphatic carbocycles. The molecule has 0 fully saturated rings. The van der Waals surface area contributed by atoms with E-state index in [-0.39, 0.29) is 17.3 Å². The lowest BCUT2D eigenvalue weighted by molar-refractivity contribution is -0.147. The summed E-state index contributed by atoms with van der Waals surface area (Å²) in [6.07, 6.45) is 1.73. The number of carbonyl (C=O) groups is 2. The van der Waals surface area contributed by atoms with Crippen LogP contribution in [0.3, 0.4) is 0 Å². The SMILES string of the molecule is O=C1C2=C(OC3(CCc4ccccc4O3)C2)C(=O)c2ccccc21. The van der Waals surface area contributed by atoms with Gasteiger partial charge in [-0.1, -0.05) is 42.5 Å². The second kappa shape index (κ2) is 4.57. The van der Waals surface area contributed by atoms with E-state index in [2.05, 4.69) is 0 Å². The minimum atomic E-state index is -0.938. The molecule has 2 heterocycles. The number of allylic oxidation sites excluding steroid dienone is 1. The van der Waals surface area contributed by atoms with Gasteiger partial charge in [-0.15, -0.1) is 0 Å². The molecule has 0 saturated carbocycles. The fourth-order valence-electron chi connectivity index (χ4n) is 3.75. The minimum Gasteiger partial charge on any atom is -0.452 e. The molecule has 5 rings (SSSR count). The maximum Gasteiger partial charge on any atom is 0.256 e. The Balaban J connectivity index is 1.54. The van der Waals surface area contributed by atoms with Gasteiger partial charge in [0.2, 0.25) is 5.78 Å². The zero-order valence-electron chi connectivity index (χ0n) is 12.9. The molecule has 1 unspecified atom stereocenters. The molecular weight excluding hydrogens is 304 g/mol. The average Bonchev–Trinajstić information content (AvgIpc) is 2.99. The molecule has 0 bridgehead atoms. The number of rotatable bonds is 0. The molecule has 2 aromatic rings. The summed E-state index contributed by atoms with van der Waals surface area (Å²) in [5.74, 6) is -0.356. The van der Waals surface area contributed by atoms with E-state index in [9.17, 15) is 9.59 Å². The van der Waals surface area contributed by atoms with Crippen LogP contribution in [0.1, 0.15) is 39.1 Å². The van der Waals surface area contributed by atoms with Crippen LogP contribution in [-0.2, 0) is 11.2 Å². The molecule has 0 amide bonds. The first-order valence-corrected chi connectivity index (χ1v) is 8.04. The fourth-order valence-corrected chi connectivity index (χ4v) is 3.75. The van der Waals surface area contributed by atoms with E-state index in [0.29, 0.717) is 29.5 Å². The Bertz CT molecular complexity index is 891. The summed E-state index contributed by atoms with van der Waals surface area (Å²) >= 11 is 0. The number of para-hydroxylation sites is 1. The van der Waals surface area contributed by atoms with Gasteiger partial charge in [0.05, 0.1) is 12.0 Å². The number of Topliss-reactive ketones (excluding diaryl/α,β-unsaturated/α-hetero) is 2. The Morgan fingerprint density at radius 3 is 2.38 bits per heavy atom. The van der Waals surface area contributed by atoms with Crippen LogP contribution in [0.5, 0.6) is 5.75 Å². The van der Waals surface area contributed by atoms with Crippen molar-refractivity contribution in [2.75, 3.05) is 0 Å². The van der Waals surface area contributed by atoms with Crippen LogP contribution in [-0.4, -0.2) is 17.4 Å². The number of ether oxygens (including phenoxy) is 2. The largest absolute Gasteiger partial charge is 0.452 e. The number of fused-ring (bicyclic) bond motifs is 2. The summed E-state index contributed by atoms with van der Waals surface area (Å²) in [7, 11) is 0. The van der Waals surface area contributed by atoms with Crippen molar-refractivity contribution in [2.45, 2.75) is 25.0 Å². The molecule has 0 N–H and O–H groups in total. The van der Waals surface area contributed by atoms with Crippen molar-refractivity contribution in [1.82, 2.24) is 0 Å². The smallest absolute Gasteiger partial charge is 0.256 e. The Labute approximate surface area is 138 Å². The molecule has 1 spiro atoms. The molecule has 2 aromatic carbocycles. The van der Waals surface area contributed by atoms with Crippen LogP contribution < -0.4 is 4.74 Å². The number of carbonyl (C=O) groups excluding carboxylic acids is 2. The van der Waals surface area contributed by atoms with E-state index in [1.807, 2.05) is 24.3 Å². The highest BCUT2D eigenvalue weighted by atomic mass is 16.7. The van der Waals surface area contributed by atoms with Crippen molar-refractivity contribution in [3.8, 4) is 5.75 Å². The molecule has 2 aliphatic heterocycles.